The van der Waals surface area contributed by atoms with Gasteiger partial charge in [-0.2, -0.15) is 13.2 Å². The first-order valence-electron chi connectivity index (χ1n) is 9.52. The minimum absolute atomic E-state index is 0.347. The van der Waals surface area contributed by atoms with Crippen LogP contribution in [0.5, 0.6) is 0 Å². The van der Waals surface area contributed by atoms with Gasteiger partial charge in [-0.3, -0.25) is 0 Å². The van der Waals surface area contributed by atoms with E-state index in [1.807, 2.05) is 30.3 Å². The van der Waals surface area contributed by atoms with Crippen molar-refractivity contribution < 1.29 is 18.3 Å². The van der Waals surface area contributed by atoms with Gasteiger partial charge in [0.05, 0.1) is 5.56 Å². The van der Waals surface area contributed by atoms with Crippen molar-refractivity contribution in [1.29, 1.82) is 0 Å². The van der Waals surface area contributed by atoms with E-state index in [1.54, 1.807) is 36.2 Å². The summed E-state index contributed by atoms with van der Waals surface area (Å²) in [6, 6.07) is 12.1. The number of hydrogen-bond acceptors (Lipinski definition) is 5. The van der Waals surface area contributed by atoms with Gasteiger partial charge in [0.2, 0.25) is 11.4 Å². The van der Waals surface area contributed by atoms with Crippen LogP contribution in [0.1, 0.15) is 23.5 Å². The van der Waals surface area contributed by atoms with Gasteiger partial charge in [0, 0.05) is 37.3 Å². The zero-order valence-electron chi connectivity index (χ0n) is 17.0. The summed E-state index contributed by atoms with van der Waals surface area (Å²) in [6.45, 7) is 1.74. The maximum atomic E-state index is 13.1. The molecule has 5 nitrogen and oxygen atoms in total. The van der Waals surface area contributed by atoms with Gasteiger partial charge in [0.25, 0.3) is 4.90 Å². The average molecular weight is 476 g/mol. The van der Waals surface area contributed by atoms with Crippen molar-refractivity contribution in [3.63, 3.8) is 0 Å². The van der Waals surface area contributed by atoms with Gasteiger partial charge < -0.3 is 9.67 Å². The van der Waals surface area contributed by atoms with Gasteiger partial charge in [0.1, 0.15) is 11.0 Å². The van der Waals surface area contributed by atoms with E-state index in [9.17, 15) is 18.3 Å². The molecule has 0 bridgehead atoms. The summed E-state index contributed by atoms with van der Waals surface area (Å²) < 4.78 is 41.1. The first-order valence-corrected chi connectivity index (χ1v) is 11.3. The Kier molecular flexibility index (Phi) is 6.27. The van der Waals surface area contributed by atoms with Crippen LogP contribution in [0.4, 0.5) is 13.2 Å². The number of halogens is 3. The van der Waals surface area contributed by atoms with Crippen LogP contribution in [0.15, 0.2) is 64.6 Å². The minimum atomic E-state index is -4.48. The Bertz CT molecular complexity index is 1290. The Morgan fingerprint density at radius 1 is 1.12 bits per heavy atom. The number of rotatable bonds is 5. The van der Waals surface area contributed by atoms with Gasteiger partial charge in [-0.25, -0.2) is 15.0 Å². The van der Waals surface area contributed by atoms with Crippen LogP contribution in [0.25, 0.3) is 22.7 Å². The van der Waals surface area contributed by atoms with Gasteiger partial charge in [0.15, 0.2) is 22.5 Å². The third kappa shape index (κ3) is 4.52. The molecule has 0 amide bonds. The lowest BCUT2D eigenvalue weighted by Crippen LogP contribution is -2.07. The van der Waals surface area contributed by atoms with E-state index in [-0.39, 0.29) is 0 Å². The highest BCUT2D eigenvalue weighted by Crippen LogP contribution is 2.35. The maximum absolute atomic E-state index is 13.1. The van der Waals surface area contributed by atoms with Gasteiger partial charge in [-0.15, -0.1) is 0 Å². The quantitative estimate of drug-likeness (QED) is 0.188. The van der Waals surface area contributed by atoms with Crippen LogP contribution < -0.4 is 0 Å². The molecule has 0 saturated carbocycles. The Morgan fingerprint density at radius 3 is 2.56 bits per heavy atom. The van der Waals surface area contributed by atoms with E-state index in [0.29, 0.717) is 27.6 Å². The standard InChI is InChI=1S/C22H18F3N4OS2/c1-3-31-17-9-14(22(23,24)25)11-26-18(17)20-28-16-10-15(12-27-19(16)29(20)2)32-21(30)13-7-5-4-6-8-13/h3-12,21,30H,1-2H3/q+1. The highest BCUT2D eigenvalue weighted by molar-refractivity contribution is 7.99. The molecule has 10 heteroatoms. The summed E-state index contributed by atoms with van der Waals surface area (Å²) >= 11 is 2.39. The second kappa shape index (κ2) is 8.97. The highest BCUT2D eigenvalue weighted by Gasteiger charge is 2.34. The molecule has 3 heterocycles. The SMILES string of the molecule is CC=[S+]c1cc(C(F)(F)F)cnc1-c1nc2cc(SC(O)c3ccccc3)cnc2n1C. The molecule has 0 fully saturated rings. The molecule has 1 unspecified atom stereocenters. The predicted molar refractivity (Wildman–Crippen MR) is 121 cm³/mol. The van der Waals surface area contributed by atoms with E-state index < -0.39 is 17.2 Å². The normalized spacial score (nSPS) is 13.2. The number of aromatic nitrogens is 4. The molecule has 4 rings (SSSR count). The van der Waals surface area contributed by atoms with E-state index in [0.717, 1.165) is 34.1 Å². The van der Waals surface area contributed by atoms with Crippen LogP contribution in [0, 0.1) is 0 Å². The molecule has 1 aromatic carbocycles. The molecule has 3 aromatic heterocycles. The van der Waals surface area contributed by atoms with Crippen molar-refractivity contribution in [3.8, 4) is 11.5 Å². The number of aryl methyl sites for hydroxylation is 1. The number of pyridine rings is 2. The summed E-state index contributed by atoms with van der Waals surface area (Å²) in [6.07, 6.45) is -2.02. The minimum Gasteiger partial charge on any atom is -0.378 e. The molecule has 0 aliphatic carbocycles. The zero-order chi connectivity index (χ0) is 22.9. The van der Waals surface area contributed by atoms with Crippen molar-refractivity contribution in [1.82, 2.24) is 19.5 Å². The van der Waals surface area contributed by atoms with Crippen molar-refractivity contribution in [2.75, 3.05) is 0 Å². The molecular formula is C22H18F3N4OS2+. The lowest BCUT2D eigenvalue weighted by atomic mass is 10.2. The third-order valence-electron chi connectivity index (χ3n) is 4.65. The number of imidazole rings is 1. The number of aliphatic hydroxyl groups excluding tert-OH is 1. The Labute approximate surface area is 190 Å². The summed E-state index contributed by atoms with van der Waals surface area (Å²) in [5.74, 6) is 0.413. The predicted octanol–water partition coefficient (Wildman–Crippen LogP) is 5.10. The van der Waals surface area contributed by atoms with E-state index in [2.05, 4.69) is 15.0 Å². The van der Waals surface area contributed by atoms with Gasteiger partial charge in [-0.05, 0) is 11.6 Å². The zero-order valence-corrected chi connectivity index (χ0v) is 18.7. The number of hydrogen-bond donors (Lipinski definition) is 1. The number of thioether (sulfide) groups is 1. The molecule has 0 aliphatic heterocycles. The van der Waals surface area contributed by atoms with Crippen molar-refractivity contribution in [3.05, 3.63) is 66.0 Å². The summed E-state index contributed by atoms with van der Waals surface area (Å²) in [4.78, 5) is 14.2. The number of alkyl halides is 3. The molecule has 0 aliphatic rings. The molecule has 0 spiro atoms. The van der Waals surface area contributed by atoms with Crippen LogP contribution in [0.3, 0.4) is 0 Å². The lowest BCUT2D eigenvalue weighted by molar-refractivity contribution is -0.138. The van der Waals surface area contributed by atoms with Crippen LogP contribution in [-0.2, 0) is 24.6 Å². The Balaban J connectivity index is 1.73. The first-order chi connectivity index (χ1) is 15.3. The molecule has 164 valence electrons. The fraction of sp³-hybridized carbons (Fsp3) is 0.182. The largest absolute Gasteiger partial charge is 0.418 e. The van der Waals surface area contributed by atoms with E-state index in [4.69, 9.17) is 0 Å². The Hall–Kier alpha value is -2.82. The number of aliphatic hydroxyl groups is 1. The van der Waals surface area contributed by atoms with E-state index in [1.165, 1.54) is 11.8 Å². The van der Waals surface area contributed by atoms with E-state index >= 15 is 0 Å². The third-order valence-corrected chi connectivity index (χ3v) is 6.44. The highest BCUT2D eigenvalue weighted by atomic mass is 32.2. The van der Waals surface area contributed by atoms with Crippen LogP contribution >= 0.6 is 11.8 Å². The van der Waals surface area contributed by atoms with Gasteiger partial charge >= 0.3 is 6.18 Å². The molecule has 4 aromatic rings. The molecule has 0 saturated heterocycles. The van der Waals surface area contributed by atoms with Gasteiger partial charge in [-0.1, -0.05) is 42.1 Å². The second-order valence-corrected chi connectivity index (χ2v) is 9.11. The van der Waals surface area contributed by atoms with Crippen molar-refractivity contribution in [2.45, 2.75) is 28.3 Å². The fourth-order valence-corrected chi connectivity index (χ4v) is 4.68. The molecule has 32 heavy (non-hydrogen) atoms. The monoisotopic (exact) mass is 475 g/mol. The first kappa shape index (κ1) is 22.4. The number of nitrogens with zero attached hydrogens (tertiary/aromatic N) is 4. The molecule has 0 radical (unpaired) electrons. The maximum Gasteiger partial charge on any atom is 0.418 e. The Morgan fingerprint density at radius 2 is 1.88 bits per heavy atom. The summed E-state index contributed by atoms with van der Waals surface area (Å²) in [7, 11) is 1.74. The summed E-state index contributed by atoms with van der Waals surface area (Å²) in [5, 5.41) is 12.2. The fourth-order valence-electron chi connectivity index (χ4n) is 3.13. The molecule has 1 N–H and O–H groups in total. The molecular weight excluding hydrogens is 457 g/mol. The second-order valence-electron chi connectivity index (χ2n) is 6.81. The molecule has 1 atom stereocenters. The lowest BCUT2D eigenvalue weighted by Gasteiger charge is -2.10. The van der Waals surface area contributed by atoms with Crippen LogP contribution in [0.2, 0.25) is 0 Å². The van der Waals surface area contributed by atoms with Crippen molar-refractivity contribution >= 4 is 39.6 Å². The van der Waals surface area contributed by atoms with Crippen molar-refractivity contribution in [2.24, 2.45) is 7.05 Å². The summed E-state index contributed by atoms with van der Waals surface area (Å²) in [5.41, 5.74) is 0.669. The average Bonchev–Trinajstić information content (AvgIpc) is 3.09. The smallest absolute Gasteiger partial charge is 0.378 e. The van der Waals surface area contributed by atoms with Crippen LogP contribution in [-0.4, -0.2) is 30.0 Å². The topological polar surface area (TPSA) is 63.8 Å². The number of benzene rings is 1. The number of fused-ring (bicyclic) bond motifs is 1.